The molecule has 9 nitrogen and oxygen atoms in total. The number of aryl methyl sites for hydroxylation is 1. The predicted octanol–water partition coefficient (Wildman–Crippen LogP) is 1.70. The molecule has 156 valence electrons. The Balaban J connectivity index is 1.23. The van der Waals surface area contributed by atoms with Crippen molar-refractivity contribution in [1.29, 1.82) is 0 Å². The van der Waals surface area contributed by atoms with Crippen LogP contribution in [0.4, 0.5) is 0 Å². The Bertz CT molecular complexity index is 880. The number of aromatic nitrogens is 4. The van der Waals surface area contributed by atoms with E-state index in [-0.39, 0.29) is 17.4 Å². The average molecular weight is 400 g/mol. The summed E-state index contributed by atoms with van der Waals surface area (Å²) in [4.78, 5) is 16.9. The second kappa shape index (κ2) is 7.21. The van der Waals surface area contributed by atoms with Crippen molar-refractivity contribution in [2.45, 2.75) is 44.7 Å². The molecular weight excluding hydrogens is 372 g/mol. The van der Waals surface area contributed by atoms with Crippen LogP contribution in [-0.4, -0.2) is 75.6 Å². The van der Waals surface area contributed by atoms with E-state index in [0.29, 0.717) is 17.5 Å². The van der Waals surface area contributed by atoms with Crippen LogP contribution < -0.4 is 0 Å². The van der Waals surface area contributed by atoms with E-state index in [4.69, 9.17) is 9.15 Å². The Morgan fingerprint density at radius 3 is 2.69 bits per heavy atom. The first-order chi connectivity index (χ1) is 14.1. The number of nitrogens with zero attached hydrogens (tertiary/aromatic N) is 6. The summed E-state index contributed by atoms with van der Waals surface area (Å²) in [5.74, 6) is 1.78. The minimum Gasteiger partial charge on any atom is -0.423 e. The Morgan fingerprint density at radius 2 is 1.97 bits per heavy atom. The summed E-state index contributed by atoms with van der Waals surface area (Å²) in [6.45, 7) is 6.74. The molecule has 1 atom stereocenters. The van der Waals surface area contributed by atoms with Gasteiger partial charge in [-0.25, -0.2) is 0 Å². The van der Waals surface area contributed by atoms with Crippen molar-refractivity contribution in [3.8, 4) is 0 Å². The third-order valence-corrected chi connectivity index (χ3v) is 6.58. The highest BCUT2D eigenvalue weighted by Gasteiger charge is 2.53. The summed E-state index contributed by atoms with van der Waals surface area (Å²) in [6.07, 6.45) is 4.67. The van der Waals surface area contributed by atoms with Crippen LogP contribution in [0.2, 0.25) is 0 Å². The fraction of sp³-hybridized carbons (Fsp3) is 0.700. The highest BCUT2D eigenvalue weighted by molar-refractivity contribution is 5.92. The minimum absolute atomic E-state index is 0.0218. The zero-order valence-corrected chi connectivity index (χ0v) is 17.1. The van der Waals surface area contributed by atoms with Gasteiger partial charge in [0.05, 0.1) is 6.04 Å². The molecule has 1 spiro atoms. The van der Waals surface area contributed by atoms with Crippen molar-refractivity contribution in [2.24, 2.45) is 5.41 Å². The molecule has 2 aromatic heterocycles. The van der Waals surface area contributed by atoms with Crippen LogP contribution in [0.3, 0.4) is 0 Å². The summed E-state index contributed by atoms with van der Waals surface area (Å²) in [7, 11) is 2.10. The van der Waals surface area contributed by atoms with E-state index in [2.05, 4.69) is 27.2 Å². The van der Waals surface area contributed by atoms with E-state index in [1.165, 1.54) is 0 Å². The van der Waals surface area contributed by atoms with Gasteiger partial charge in [-0.1, -0.05) is 0 Å². The molecule has 3 saturated heterocycles. The average Bonchev–Trinajstić information content (AvgIpc) is 3.45. The molecule has 29 heavy (non-hydrogen) atoms. The summed E-state index contributed by atoms with van der Waals surface area (Å²) >= 11 is 0. The molecule has 3 aliphatic heterocycles. The van der Waals surface area contributed by atoms with E-state index in [0.717, 1.165) is 64.5 Å². The van der Waals surface area contributed by atoms with Crippen LogP contribution in [0, 0.1) is 5.41 Å². The van der Waals surface area contributed by atoms with Crippen LogP contribution in [0.5, 0.6) is 0 Å². The lowest BCUT2D eigenvalue weighted by molar-refractivity contribution is 0.0109. The molecule has 0 radical (unpaired) electrons. The SMILES string of the molecule is CCn1ccc(C(=O)N2CC3(CC(c4nnc(C5CCOCC5)o4)N(C)C3)C2)n1. The zero-order valence-electron chi connectivity index (χ0n) is 17.1. The van der Waals surface area contributed by atoms with Gasteiger partial charge in [-0.15, -0.1) is 10.2 Å². The van der Waals surface area contributed by atoms with Crippen LogP contribution in [0.25, 0.3) is 0 Å². The van der Waals surface area contributed by atoms with Gasteiger partial charge in [0.2, 0.25) is 11.8 Å². The first-order valence-electron chi connectivity index (χ1n) is 10.5. The first kappa shape index (κ1) is 18.7. The van der Waals surface area contributed by atoms with E-state index in [9.17, 15) is 4.79 Å². The molecular formula is C20H28N6O3. The maximum atomic E-state index is 12.7. The fourth-order valence-electron chi connectivity index (χ4n) is 4.99. The summed E-state index contributed by atoms with van der Waals surface area (Å²) in [5, 5.41) is 13.0. The summed E-state index contributed by atoms with van der Waals surface area (Å²) < 4.78 is 13.3. The van der Waals surface area contributed by atoms with Crippen molar-refractivity contribution in [3.63, 3.8) is 0 Å². The quantitative estimate of drug-likeness (QED) is 0.772. The topological polar surface area (TPSA) is 89.5 Å². The Hall–Kier alpha value is -2.26. The van der Waals surface area contributed by atoms with Crippen molar-refractivity contribution >= 4 is 5.91 Å². The Kier molecular flexibility index (Phi) is 4.66. The van der Waals surface area contributed by atoms with Crippen LogP contribution >= 0.6 is 0 Å². The smallest absolute Gasteiger partial charge is 0.274 e. The maximum Gasteiger partial charge on any atom is 0.274 e. The molecule has 0 bridgehead atoms. The lowest BCUT2D eigenvalue weighted by Crippen LogP contribution is -2.59. The second-order valence-electron chi connectivity index (χ2n) is 8.72. The third kappa shape index (κ3) is 3.36. The fourth-order valence-corrected chi connectivity index (χ4v) is 4.99. The maximum absolute atomic E-state index is 12.7. The van der Waals surface area contributed by atoms with E-state index in [1.54, 1.807) is 10.7 Å². The molecule has 9 heteroatoms. The second-order valence-corrected chi connectivity index (χ2v) is 8.72. The number of amides is 1. The number of hydrogen-bond acceptors (Lipinski definition) is 7. The Labute approximate surface area is 170 Å². The van der Waals surface area contributed by atoms with Gasteiger partial charge in [0.1, 0.15) is 5.69 Å². The Morgan fingerprint density at radius 1 is 1.21 bits per heavy atom. The number of hydrogen-bond donors (Lipinski definition) is 0. The lowest BCUT2D eigenvalue weighted by Gasteiger charge is -2.47. The lowest BCUT2D eigenvalue weighted by atomic mass is 9.77. The molecule has 5 rings (SSSR count). The molecule has 3 fully saturated rings. The molecule has 2 aromatic rings. The van der Waals surface area contributed by atoms with Crippen molar-refractivity contribution in [1.82, 2.24) is 29.8 Å². The van der Waals surface area contributed by atoms with Gasteiger partial charge in [-0.05, 0) is 39.3 Å². The van der Waals surface area contributed by atoms with Crippen LogP contribution in [0.15, 0.2) is 16.7 Å². The van der Waals surface area contributed by atoms with Gasteiger partial charge in [0.25, 0.3) is 5.91 Å². The highest BCUT2D eigenvalue weighted by atomic mass is 16.5. The van der Waals surface area contributed by atoms with Gasteiger partial charge in [0, 0.05) is 56.9 Å². The molecule has 3 aliphatic rings. The molecule has 5 heterocycles. The van der Waals surface area contributed by atoms with Gasteiger partial charge in [0.15, 0.2) is 0 Å². The van der Waals surface area contributed by atoms with E-state index < -0.39 is 0 Å². The molecule has 0 saturated carbocycles. The summed E-state index contributed by atoms with van der Waals surface area (Å²) in [6, 6.07) is 1.92. The van der Waals surface area contributed by atoms with Crippen molar-refractivity contribution in [2.75, 3.05) is 39.9 Å². The van der Waals surface area contributed by atoms with Crippen LogP contribution in [-0.2, 0) is 11.3 Å². The van der Waals surface area contributed by atoms with Gasteiger partial charge in [-0.2, -0.15) is 5.10 Å². The van der Waals surface area contributed by atoms with E-state index in [1.807, 2.05) is 18.0 Å². The minimum atomic E-state index is 0.0218. The van der Waals surface area contributed by atoms with Gasteiger partial charge in [-0.3, -0.25) is 14.4 Å². The zero-order chi connectivity index (χ0) is 20.0. The number of carbonyl (C=O) groups excluding carboxylic acids is 1. The normalized spacial score (nSPS) is 24.9. The standard InChI is InChI=1S/C20H28N6O3/c1-3-26-7-4-15(23-26)19(27)25-12-20(13-25)10-16(24(2)11-20)18-22-21-17(29-18)14-5-8-28-9-6-14/h4,7,14,16H,3,5-6,8-13H2,1-2H3. The predicted molar refractivity (Wildman–Crippen MR) is 103 cm³/mol. The molecule has 0 aliphatic carbocycles. The molecule has 0 aromatic carbocycles. The highest BCUT2D eigenvalue weighted by Crippen LogP contribution is 2.47. The molecule has 1 amide bonds. The number of carbonyl (C=O) groups is 1. The first-order valence-corrected chi connectivity index (χ1v) is 10.5. The molecule has 0 N–H and O–H groups in total. The van der Waals surface area contributed by atoms with Gasteiger partial charge < -0.3 is 14.1 Å². The van der Waals surface area contributed by atoms with Crippen LogP contribution in [0.1, 0.15) is 60.4 Å². The van der Waals surface area contributed by atoms with Crippen molar-refractivity contribution < 1.29 is 13.9 Å². The molecule has 1 unspecified atom stereocenters. The number of rotatable bonds is 4. The number of likely N-dealkylation sites (tertiary alicyclic amines) is 2. The van der Waals surface area contributed by atoms with Gasteiger partial charge >= 0.3 is 0 Å². The third-order valence-electron chi connectivity index (χ3n) is 6.58. The number of ether oxygens (including phenoxy) is 1. The largest absolute Gasteiger partial charge is 0.423 e. The van der Waals surface area contributed by atoms with E-state index >= 15 is 0 Å². The summed E-state index contributed by atoms with van der Waals surface area (Å²) in [5.41, 5.74) is 0.637. The van der Waals surface area contributed by atoms with Crippen molar-refractivity contribution in [3.05, 3.63) is 29.7 Å². The monoisotopic (exact) mass is 400 g/mol.